The summed E-state index contributed by atoms with van der Waals surface area (Å²) >= 11 is 7.14. The third kappa shape index (κ3) is 2.90. The van der Waals surface area contributed by atoms with Crippen LogP contribution in [0.4, 0.5) is 4.39 Å². The molecular formula is C12H9ClFNOS. The second-order valence-electron chi connectivity index (χ2n) is 3.19. The smallest absolute Gasteiger partial charge is 0.256 e. The quantitative estimate of drug-likeness (QED) is 0.772. The molecule has 17 heavy (non-hydrogen) atoms. The predicted molar refractivity (Wildman–Crippen MR) is 67.5 cm³/mol. The summed E-state index contributed by atoms with van der Waals surface area (Å²) in [5.41, 5.74) is 0. The molecule has 2 aromatic rings. The molecule has 0 atom stereocenters. The third-order valence-corrected chi connectivity index (χ3v) is 3.03. The minimum atomic E-state index is -0.576. The fourth-order valence-corrected chi connectivity index (χ4v) is 1.95. The zero-order valence-electron chi connectivity index (χ0n) is 8.98. The number of pyridine rings is 1. The summed E-state index contributed by atoms with van der Waals surface area (Å²) in [4.78, 5) is 4.73. The number of rotatable bonds is 3. The Morgan fingerprint density at radius 1 is 1.35 bits per heavy atom. The van der Waals surface area contributed by atoms with Gasteiger partial charge in [0.2, 0.25) is 0 Å². The summed E-state index contributed by atoms with van der Waals surface area (Å²) in [7, 11) is 0. The van der Waals surface area contributed by atoms with Crippen molar-refractivity contribution < 1.29 is 9.13 Å². The zero-order chi connectivity index (χ0) is 12.3. The molecular weight excluding hydrogens is 261 g/mol. The Balaban J connectivity index is 2.31. The van der Waals surface area contributed by atoms with E-state index in [1.165, 1.54) is 24.0 Å². The van der Waals surface area contributed by atoms with Crippen LogP contribution in [-0.2, 0) is 0 Å². The van der Waals surface area contributed by atoms with Crippen molar-refractivity contribution in [1.82, 2.24) is 4.98 Å². The molecule has 0 unspecified atom stereocenters. The molecule has 88 valence electrons. The van der Waals surface area contributed by atoms with Gasteiger partial charge in [-0.25, -0.2) is 9.37 Å². The highest BCUT2D eigenvalue weighted by atomic mass is 35.5. The third-order valence-electron chi connectivity index (χ3n) is 2.05. The van der Waals surface area contributed by atoms with Crippen LogP contribution in [0.5, 0.6) is 11.6 Å². The van der Waals surface area contributed by atoms with Gasteiger partial charge in [-0.1, -0.05) is 23.7 Å². The van der Waals surface area contributed by atoms with Gasteiger partial charge in [-0.15, -0.1) is 11.8 Å². The minimum absolute atomic E-state index is 0.0732. The molecule has 0 aliphatic carbocycles. The van der Waals surface area contributed by atoms with E-state index in [4.69, 9.17) is 16.3 Å². The van der Waals surface area contributed by atoms with E-state index in [-0.39, 0.29) is 10.9 Å². The Kier molecular flexibility index (Phi) is 3.86. The Morgan fingerprint density at radius 3 is 2.82 bits per heavy atom. The molecule has 2 rings (SSSR count). The Morgan fingerprint density at radius 2 is 2.12 bits per heavy atom. The standard InChI is InChI=1S/C12H9ClFNOS/c1-17-11-5-3-2-4-10(11)16-12-9(14)6-8(13)7-15-12/h2-7H,1H3. The monoisotopic (exact) mass is 269 g/mol. The molecule has 1 heterocycles. The second kappa shape index (κ2) is 5.38. The number of aromatic nitrogens is 1. The van der Waals surface area contributed by atoms with Gasteiger partial charge < -0.3 is 4.74 Å². The van der Waals surface area contributed by atoms with Crippen LogP contribution in [-0.4, -0.2) is 11.2 Å². The Hall–Kier alpha value is -1.26. The highest BCUT2D eigenvalue weighted by Crippen LogP contribution is 2.31. The summed E-state index contributed by atoms with van der Waals surface area (Å²) in [5, 5.41) is 0.244. The van der Waals surface area contributed by atoms with Gasteiger partial charge >= 0.3 is 0 Å². The fraction of sp³-hybridized carbons (Fsp3) is 0.0833. The van der Waals surface area contributed by atoms with Crippen LogP contribution in [0.15, 0.2) is 41.4 Å². The SMILES string of the molecule is CSc1ccccc1Oc1ncc(Cl)cc1F. The zero-order valence-corrected chi connectivity index (χ0v) is 10.6. The molecule has 0 radical (unpaired) electrons. The molecule has 0 N–H and O–H groups in total. The minimum Gasteiger partial charge on any atom is -0.435 e. The van der Waals surface area contributed by atoms with E-state index in [9.17, 15) is 4.39 Å². The molecule has 5 heteroatoms. The molecule has 1 aromatic heterocycles. The van der Waals surface area contributed by atoms with Crippen molar-refractivity contribution in [2.24, 2.45) is 0 Å². The average molecular weight is 270 g/mol. The van der Waals surface area contributed by atoms with Gasteiger partial charge in [-0.3, -0.25) is 0 Å². The lowest BCUT2D eigenvalue weighted by molar-refractivity contribution is 0.415. The highest BCUT2D eigenvalue weighted by molar-refractivity contribution is 7.98. The van der Waals surface area contributed by atoms with Gasteiger partial charge in [0.1, 0.15) is 5.75 Å². The molecule has 0 saturated heterocycles. The summed E-state index contributed by atoms with van der Waals surface area (Å²) < 4.78 is 18.9. The van der Waals surface area contributed by atoms with E-state index in [1.807, 2.05) is 24.5 Å². The van der Waals surface area contributed by atoms with Gasteiger partial charge in [0.05, 0.1) is 5.02 Å². The van der Waals surface area contributed by atoms with Crippen molar-refractivity contribution in [3.8, 4) is 11.6 Å². The molecule has 0 fully saturated rings. The summed E-state index contributed by atoms with van der Waals surface area (Å²) in [5.74, 6) is -0.0713. The highest BCUT2D eigenvalue weighted by Gasteiger charge is 2.09. The lowest BCUT2D eigenvalue weighted by Crippen LogP contribution is -1.92. The van der Waals surface area contributed by atoms with Gasteiger partial charge in [0, 0.05) is 11.1 Å². The number of hydrogen-bond acceptors (Lipinski definition) is 3. The first-order valence-corrected chi connectivity index (χ1v) is 6.43. The predicted octanol–water partition coefficient (Wildman–Crippen LogP) is 4.39. The molecule has 0 bridgehead atoms. The van der Waals surface area contributed by atoms with E-state index >= 15 is 0 Å². The van der Waals surface area contributed by atoms with Gasteiger partial charge in [0.15, 0.2) is 5.82 Å². The lowest BCUT2D eigenvalue weighted by Gasteiger charge is -2.08. The molecule has 0 saturated carbocycles. The molecule has 0 spiro atoms. The maximum atomic E-state index is 13.5. The first kappa shape index (κ1) is 12.2. The van der Waals surface area contributed by atoms with Crippen LogP contribution in [0.25, 0.3) is 0 Å². The van der Waals surface area contributed by atoms with Gasteiger partial charge in [-0.05, 0) is 24.5 Å². The van der Waals surface area contributed by atoms with Gasteiger partial charge in [-0.2, -0.15) is 0 Å². The summed E-state index contributed by atoms with van der Waals surface area (Å²) in [6.45, 7) is 0. The Labute approximate surface area is 108 Å². The molecule has 0 aliphatic rings. The van der Waals surface area contributed by atoms with Crippen LogP contribution in [0.1, 0.15) is 0 Å². The van der Waals surface area contributed by atoms with Crippen molar-refractivity contribution >= 4 is 23.4 Å². The maximum absolute atomic E-state index is 13.5. The average Bonchev–Trinajstić information content (AvgIpc) is 2.33. The number of halogens is 2. The van der Waals surface area contributed by atoms with Crippen molar-refractivity contribution in [2.75, 3.05) is 6.26 Å². The van der Waals surface area contributed by atoms with Crippen LogP contribution in [0, 0.1) is 5.82 Å². The topological polar surface area (TPSA) is 22.1 Å². The second-order valence-corrected chi connectivity index (χ2v) is 4.48. The molecule has 0 amide bonds. The van der Waals surface area contributed by atoms with Crippen molar-refractivity contribution in [1.29, 1.82) is 0 Å². The lowest BCUT2D eigenvalue weighted by atomic mass is 10.3. The van der Waals surface area contributed by atoms with E-state index < -0.39 is 5.82 Å². The Bertz CT molecular complexity index is 536. The van der Waals surface area contributed by atoms with Crippen molar-refractivity contribution in [3.63, 3.8) is 0 Å². The fourth-order valence-electron chi connectivity index (χ4n) is 1.28. The maximum Gasteiger partial charge on any atom is 0.256 e. The van der Waals surface area contributed by atoms with Crippen LogP contribution >= 0.6 is 23.4 Å². The molecule has 0 aliphatic heterocycles. The first-order valence-electron chi connectivity index (χ1n) is 4.82. The van der Waals surface area contributed by atoms with Crippen LogP contribution in [0.3, 0.4) is 0 Å². The number of nitrogens with zero attached hydrogens (tertiary/aromatic N) is 1. The number of hydrogen-bond donors (Lipinski definition) is 0. The van der Waals surface area contributed by atoms with E-state index in [1.54, 1.807) is 6.07 Å². The van der Waals surface area contributed by atoms with E-state index in [0.29, 0.717) is 5.75 Å². The number of ether oxygens (including phenoxy) is 1. The van der Waals surface area contributed by atoms with Gasteiger partial charge in [0.25, 0.3) is 5.88 Å². The van der Waals surface area contributed by atoms with Crippen LogP contribution in [0.2, 0.25) is 5.02 Å². The molecule has 1 aromatic carbocycles. The number of benzene rings is 1. The number of para-hydroxylation sites is 1. The van der Waals surface area contributed by atoms with Crippen LogP contribution < -0.4 is 4.74 Å². The van der Waals surface area contributed by atoms with Crippen molar-refractivity contribution in [3.05, 3.63) is 47.4 Å². The van der Waals surface area contributed by atoms with E-state index in [2.05, 4.69) is 4.98 Å². The summed E-state index contributed by atoms with van der Waals surface area (Å²) in [6, 6.07) is 8.55. The number of thioether (sulfide) groups is 1. The normalized spacial score (nSPS) is 10.3. The molecule has 2 nitrogen and oxygen atoms in total. The summed E-state index contributed by atoms with van der Waals surface area (Å²) in [6.07, 6.45) is 3.27. The van der Waals surface area contributed by atoms with Crippen molar-refractivity contribution in [2.45, 2.75) is 4.90 Å². The first-order chi connectivity index (χ1) is 8.20. The van der Waals surface area contributed by atoms with E-state index in [0.717, 1.165) is 4.90 Å². The largest absolute Gasteiger partial charge is 0.435 e.